The standard InChI is InChI=1S/C18H17N5O4S/c1-12-7-8-15(11-16(12)23(24)25)28(26,27)21-14-5-2-4-13(10-14)18-20-19-17-6-3-9-22(17)18/h2,4-5,7-8,10-11,21H,3,6,9H2,1H3. The molecule has 0 amide bonds. The number of benzene rings is 2. The number of nitrogens with zero attached hydrogens (tertiary/aromatic N) is 4. The Hall–Kier alpha value is -3.27. The number of sulfonamides is 1. The normalized spacial score (nSPS) is 13.3. The number of anilines is 1. The Bertz CT molecular complexity index is 1190. The van der Waals surface area contributed by atoms with Gasteiger partial charge in [0.05, 0.1) is 9.82 Å². The van der Waals surface area contributed by atoms with Crippen molar-refractivity contribution in [2.24, 2.45) is 0 Å². The summed E-state index contributed by atoms with van der Waals surface area (Å²) in [4.78, 5) is 10.3. The van der Waals surface area contributed by atoms with Crippen molar-refractivity contribution in [3.05, 3.63) is 64.0 Å². The third kappa shape index (κ3) is 3.22. The Morgan fingerprint density at radius 1 is 1.18 bits per heavy atom. The molecule has 2 aromatic carbocycles. The SMILES string of the molecule is Cc1ccc(S(=O)(=O)Nc2cccc(-c3nnc4n3CCC4)c2)cc1[N+](=O)[O-]. The summed E-state index contributed by atoms with van der Waals surface area (Å²) in [6, 6.07) is 10.7. The molecule has 0 bridgehead atoms. The molecule has 144 valence electrons. The Labute approximate surface area is 161 Å². The number of nitro groups is 1. The van der Waals surface area contributed by atoms with Gasteiger partial charge in [-0.15, -0.1) is 10.2 Å². The molecule has 1 aromatic heterocycles. The van der Waals surface area contributed by atoms with Crippen LogP contribution in [0.4, 0.5) is 11.4 Å². The molecule has 0 saturated carbocycles. The van der Waals surface area contributed by atoms with Gasteiger partial charge >= 0.3 is 0 Å². The zero-order chi connectivity index (χ0) is 19.9. The van der Waals surface area contributed by atoms with Crippen LogP contribution in [0.5, 0.6) is 0 Å². The van der Waals surface area contributed by atoms with Crippen molar-refractivity contribution in [3.63, 3.8) is 0 Å². The van der Waals surface area contributed by atoms with E-state index in [1.165, 1.54) is 12.1 Å². The van der Waals surface area contributed by atoms with Crippen LogP contribution in [-0.4, -0.2) is 28.1 Å². The molecule has 0 spiro atoms. The van der Waals surface area contributed by atoms with Crippen LogP contribution >= 0.6 is 0 Å². The quantitative estimate of drug-likeness (QED) is 0.520. The molecule has 0 radical (unpaired) electrons. The van der Waals surface area contributed by atoms with Gasteiger partial charge in [-0.1, -0.05) is 18.2 Å². The second-order valence-corrected chi connectivity index (χ2v) is 8.27. The summed E-state index contributed by atoms with van der Waals surface area (Å²) in [6.07, 6.45) is 1.89. The molecule has 0 aliphatic carbocycles. The monoisotopic (exact) mass is 399 g/mol. The third-order valence-corrected chi connectivity index (χ3v) is 6.05. The maximum Gasteiger partial charge on any atom is 0.273 e. The van der Waals surface area contributed by atoms with Gasteiger partial charge in [0.1, 0.15) is 5.82 Å². The van der Waals surface area contributed by atoms with E-state index in [4.69, 9.17) is 0 Å². The summed E-state index contributed by atoms with van der Waals surface area (Å²) in [5, 5.41) is 19.5. The van der Waals surface area contributed by atoms with Gasteiger partial charge in [0.15, 0.2) is 5.82 Å². The van der Waals surface area contributed by atoms with Gasteiger partial charge in [0, 0.05) is 35.8 Å². The zero-order valence-corrected chi connectivity index (χ0v) is 15.8. The van der Waals surface area contributed by atoms with Gasteiger partial charge in [0.25, 0.3) is 15.7 Å². The van der Waals surface area contributed by atoms with E-state index < -0.39 is 14.9 Å². The third-order valence-electron chi connectivity index (χ3n) is 4.67. The fourth-order valence-corrected chi connectivity index (χ4v) is 4.32. The fraction of sp³-hybridized carbons (Fsp3) is 0.222. The predicted octanol–water partition coefficient (Wildman–Crippen LogP) is 2.91. The molecule has 3 aromatic rings. The summed E-state index contributed by atoms with van der Waals surface area (Å²) >= 11 is 0. The van der Waals surface area contributed by atoms with Crippen molar-refractivity contribution in [2.75, 3.05) is 4.72 Å². The van der Waals surface area contributed by atoms with Crippen LogP contribution in [0.15, 0.2) is 47.4 Å². The first-order chi connectivity index (χ1) is 13.3. The maximum absolute atomic E-state index is 12.7. The number of fused-ring (bicyclic) bond motifs is 1. The number of aryl methyl sites for hydroxylation is 2. The predicted molar refractivity (Wildman–Crippen MR) is 102 cm³/mol. The largest absolute Gasteiger partial charge is 0.311 e. The number of hydrogen-bond acceptors (Lipinski definition) is 6. The van der Waals surface area contributed by atoms with Crippen LogP contribution < -0.4 is 4.72 Å². The molecule has 1 N–H and O–H groups in total. The summed E-state index contributed by atoms with van der Waals surface area (Å²) in [5.41, 5.74) is 1.24. The van der Waals surface area contributed by atoms with Gasteiger partial charge in [-0.2, -0.15) is 0 Å². The van der Waals surface area contributed by atoms with E-state index in [2.05, 4.69) is 14.9 Å². The van der Waals surface area contributed by atoms with Crippen LogP contribution in [0.25, 0.3) is 11.4 Å². The van der Waals surface area contributed by atoms with Crippen LogP contribution in [0.3, 0.4) is 0 Å². The first-order valence-corrected chi connectivity index (χ1v) is 10.1. The minimum absolute atomic E-state index is 0.168. The smallest absolute Gasteiger partial charge is 0.273 e. The lowest BCUT2D eigenvalue weighted by Gasteiger charge is -2.10. The van der Waals surface area contributed by atoms with E-state index in [0.29, 0.717) is 17.1 Å². The van der Waals surface area contributed by atoms with Crippen LogP contribution in [0, 0.1) is 17.0 Å². The van der Waals surface area contributed by atoms with Gasteiger partial charge in [-0.25, -0.2) is 8.42 Å². The number of nitrogens with one attached hydrogen (secondary N) is 1. The molecule has 0 atom stereocenters. The van der Waals surface area contributed by atoms with Crippen LogP contribution in [0.2, 0.25) is 0 Å². The molecular formula is C18H17N5O4S. The number of rotatable bonds is 5. The first kappa shape index (κ1) is 18.1. The topological polar surface area (TPSA) is 120 Å². The molecular weight excluding hydrogens is 382 g/mol. The van der Waals surface area contributed by atoms with Crippen molar-refractivity contribution in [1.29, 1.82) is 0 Å². The summed E-state index contributed by atoms with van der Waals surface area (Å²) in [7, 11) is -3.98. The van der Waals surface area contributed by atoms with E-state index in [0.717, 1.165) is 36.8 Å². The van der Waals surface area contributed by atoms with E-state index in [9.17, 15) is 18.5 Å². The molecule has 0 unspecified atom stereocenters. The first-order valence-electron chi connectivity index (χ1n) is 8.65. The summed E-state index contributed by atoms with van der Waals surface area (Å²) in [6.45, 7) is 2.39. The molecule has 2 heterocycles. The summed E-state index contributed by atoms with van der Waals surface area (Å²) in [5.74, 6) is 1.62. The minimum atomic E-state index is -3.98. The van der Waals surface area contributed by atoms with Crippen molar-refractivity contribution >= 4 is 21.4 Å². The van der Waals surface area contributed by atoms with Gasteiger partial charge in [0.2, 0.25) is 0 Å². The zero-order valence-electron chi connectivity index (χ0n) is 15.0. The molecule has 0 fully saturated rings. The second kappa shape index (κ2) is 6.71. The van der Waals surface area contributed by atoms with E-state index in [1.807, 2.05) is 10.6 Å². The number of aromatic nitrogens is 3. The van der Waals surface area contributed by atoms with Crippen molar-refractivity contribution in [3.8, 4) is 11.4 Å². The Morgan fingerprint density at radius 2 is 2.00 bits per heavy atom. The van der Waals surface area contributed by atoms with Crippen molar-refractivity contribution < 1.29 is 13.3 Å². The Balaban J connectivity index is 1.66. The fourth-order valence-electron chi connectivity index (χ4n) is 3.25. The lowest BCUT2D eigenvalue weighted by molar-refractivity contribution is -0.385. The maximum atomic E-state index is 12.7. The molecule has 1 aliphatic rings. The van der Waals surface area contributed by atoms with Crippen molar-refractivity contribution in [2.45, 2.75) is 31.2 Å². The Kier molecular flexibility index (Phi) is 4.34. The highest BCUT2D eigenvalue weighted by molar-refractivity contribution is 7.92. The lowest BCUT2D eigenvalue weighted by atomic mass is 10.2. The molecule has 1 aliphatic heterocycles. The van der Waals surface area contributed by atoms with E-state index >= 15 is 0 Å². The molecule has 28 heavy (non-hydrogen) atoms. The van der Waals surface area contributed by atoms with E-state index in [-0.39, 0.29) is 10.6 Å². The van der Waals surface area contributed by atoms with Crippen molar-refractivity contribution in [1.82, 2.24) is 14.8 Å². The van der Waals surface area contributed by atoms with Gasteiger partial charge < -0.3 is 4.57 Å². The molecule has 10 heteroatoms. The summed E-state index contributed by atoms with van der Waals surface area (Å²) < 4.78 is 29.9. The Morgan fingerprint density at radius 3 is 2.79 bits per heavy atom. The van der Waals surface area contributed by atoms with Crippen LogP contribution in [0.1, 0.15) is 17.8 Å². The average molecular weight is 399 g/mol. The second-order valence-electron chi connectivity index (χ2n) is 6.59. The van der Waals surface area contributed by atoms with Gasteiger partial charge in [-0.3, -0.25) is 14.8 Å². The number of nitro benzene ring substituents is 1. The number of hydrogen-bond donors (Lipinski definition) is 1. The molecule has 9 nitrogen and oxygen atoms in total. The highest BCUT2D eigenvalue weighted by atomic mass is 32.2. The molecule has 4 rings (SSSR count). The molecule has 0 saturated heterocycles. The minimum Gasteiger partial charge on any atom is -0.311 e. The van der Waals surface area contributed by atoms with Gasteiger partial charge in [-0.05, 0) is 31.5 Å². The van der Waals surface area contributed by atoms with Crippen LogP contribution in [-0.2, 0) is 23.0 Å². The lowest BCUT2D eigenvalue weighted by Crippen LogP contribution is -2.13. The van der Waals surface area contributed by atoms with E-state index in [1.54, 1.807) is 25.1 Å². The average Bonchev–Trinajstić information content (AvgIpc) is 3.25. The highest BCUT2D eigenvalue weighted by Crippen LogP contribution is 2.27. The highest BCUT2D eigenvalue weighted by Gasteiger charge is 2.21.